The standard InChI is InChI=1S/C36H47NO5Si/c1-35(2,3)42-34(39)37-31(32(26-33(37)38)40-27-28-18-10-7-11-19-28)24-16-17-25-41-43(36(4,5)6,29-20-12-8-13-21-29)30-22-14-9-15-23-30/h7-15,18-23,31-32H,16-17,24-27H2,1-6H3/t31-,32+/m1/s1. The van der Waals surface area contributed by atoms with Crippen molar-refractivity contribution in [1.82, 2.24) is 4.90 Å². The summed E-state index contributed by atoms with van der Waals surface area (Å²) < 4.78 is 19.0. The Morgan fingerprint density at radius 3 is 1.86 bits per heavy atom. The molecule has 0 N–H and O–H groups in total. The second kappa shape index (κ2) is 14.0. The minimum atomic E-state index is -2.63. The van der Waals surface area contributed by atoms with Crippen LogP contribution in [0, 0.1) is 0 Å². The molecule has 1 fully saturated rings. The zero-order valence-electron chi connectivity index (χ0n) is 26.5. The van der Waals surface area contributed by atoms with Gasteiger partial charge in [0.05, 0.1) is 25.2 Å². The van der Waals surface area contributed by atoms with Crippen molar-refractivity contribution < 1.29 is 23.5 Å². The highest BCUT2D eigenvalue weighted by Crippen LogP contribution is 2.37. The van der Waals surface area contributed by atoms with Gasteiger partial charge in [-0.05, 0) is 61.0 Å². The van der Waals surface area contributed by atoms with Gasteiger partial charge in [-0.3, -0.25) is 4.79 Å². The molecule has 6 nitrogen and oxygen atoms in total. The van der Waals surface area contributed by atoms with E-state index in [1.807, 2.05) is 63.2 Å². The summed E-state index contributed by atoms with van der Waals surface area (Å²) in [4.78, 5) is 27.6. The van der Waals surface area contributed by atoms with Crippen molar-refractivity contribution in [2.45, 2.75) is 96.6 Å². The highest BCUT2D eigenvalue weighted by molar-refractivity contribution is 6.99. The van der Waals surface area contributed by atoms with Gasteiger partial charge in [0.2, 0.25) is 5.91 Å². The highest BCUT2D eigenvalue weighted by Gasteiger charge is 2.50. The first-order chi connectivity index (χ1) is 20.4. The molecule has 2 amide bonds. The van der Waals surface area contributed by atoms with Gasteiger partial charge in [0.1, 0.15) is 5.60 Å². The Hall–Kier alpha value is -3.26. The summed E-state index contributed by atoms with van der Waals surface area (Å²) in [5.41, 5.74) is 0.331. The van der Waals surface area contributed by atoms with Crippen LogP contribution in [-0.4, -0.2) is 49.6 Å². The summed E-state index contributed by atoms with van der Waals surface area (Å²) in [6.07, 6.45) is 1.36. The number of likely N-dealkylation sites (tertiary alicyclic amines) is 1. The summed E-state index contributed by atoms with van der Waals surface area (Å²) in [5.74, 6) is -0.249. The van der Waals surface area contributed by atoms with Gasteiger partial charge in [-0.1, -0.05) is 112 Å². The second-order valence-corrected chi connectivity index (χ2v) is 17.7. The first-order valence-electron chi connectivity index (χ1n) is 15.4. The lowest BCUT2D eigenvalue weighted by Gasteiger charge is -2.43. The van der Waals surface area contributed by atoms with Gasteiger partial charge in [0.15, 0.2) is 0 Å². The van der Waals surface area contributed by atoms with Crippen molar-refractivity contribution in [3.05, 3.63) is 96.6 Å². The molecule has 0 radical (unpaired) electrons. The molecule has 3 aromatic rings. The number of imide groups is 1. The van der Waals surface area contributed by atoms with Crippen LogP contribution in [0.1, 0.15) is 72.8 Å². The molecule has 3 aromatic carbocycles. The number of rotatable bonds is 11. The van der Waals surface area contributed by atoms with Crippen LogP contribution < -0.4 is 10.4 Å². The Morgan fingerprint density at radius 1 is 0.814 bits per heavy atom. The summed E-state index contributed by atoms with van der Waals surface area (Å²) in [6.45, 7) is 13.2. The molecule has 1 saturated heterocycles. The van der Waals surface area contributed by atoms with Gasteiger partial charge in [-0.15, -0.1) is 0 Å². The van der Waals surface area contributed by atoms with E-state index in [4.69, 9.17) is 13.9 Å². The summed E-state index contributed by atoms with van der Waals surface area (Å²) in [5, 5.41) is 2.40. The number of hydrogen-bond donors (Lipinski definition) is 0. The molecule has 1 aliphatic heterocycles. The Bertz CT molecular complexity index is 1280. The van der Waals surface area contributed by atoms with Gasteiger partial charge >= 0.3 is 6.09 Å². The monoisotopic (exact) mass is 601 g/mol. The molecule has 0 spiro atoms. The number of carbonyl (C=O) groups is 2. The fourth-order valence-corrected chi connectivity index (χ4v) is 10.6. The molecule has 230 valence electrons. The molecule has 1 aliphatic rings. The van der Waals surface area contributed by atoms with Crippen LogP contribution in [-0.2, 0) is 25.3 Å². The van der Waals surface area contributed by atoms with E-state index in [0.29, 0.717) is 19.6 Å². The van der Waals surface area contributed by atoms with Crippen LogP contribution in [0.3, 0.4) is 0 Å². The summed E-state index contributed by atoms with van der Waals surface area (Å²) in [6, 6.07) is 30.7. The molecule has 0 bridgehead atoms. The number of carbonyl (C=O) groups excluding carboxylic acids is 2. The van der Waals surface area contributed by atoms with Crippen LogP contribution in [0.4, 0.5) is 4.79 Å². The third kappa shape index (κ3) is 8.02. The lowest BCUT2D eigenvalue weighted by Crippen LogP contribution is -2.66. The van der Waals surface area contributed by atoms with Crippen LogP contribution in [0.25, 0.3) is 0 Å². The quantitative estimate of drug-likeness (QED) is 0.178. The van der Waals surface area contributed by atoms with Crippen molar-refractivity contribution in [1.29, 1.82) is 0 Å². The number of benzene rings is 3. The van der Waals surface area contributed by atoms with Gasteiger partial charge in [0.25, 0.3) is 8.32 Å². The average Bonchev–Trinajstić information content (AvgIpc) is 3.28. The number of nitrogens with zero attached hydrogens (tertiary/aromatic N) is 1. The minimum Gasteiger partial charge on any atom is -0.443 e. The van der Waals surface area contributed by atoms with Crippen LogP contribution in [0.15, 0.2) is 91.0 Å². The summed E-state index contributed by atoms with van der Waals surface area (Å²) in [7, 11) is -2.63. The van der Waals surface area contributed by atoms with Crippen LogP contribution >= 0.6 is 0 Å². The molecule has 43 heavy (non-hydrogen) atoms. The molecule has 0 aromatic heterocycles. The largest absolute Gasteiger partial charge is 0.443 e. The minimum absolute atomic E-state index is 0.0997. The Kier molecular flexibility index (Phi) is 10.6. The molecule has 4 rings (SSSR count). The normalized spacial score (nSPS) is 17.7. The van der Waals surface area contributed by atoms with E-state index in [2.05, 4.69) is 69.3 Å². The van der Waals surface area contributed by atoms with Crippen molar-refractivity contribution in [3.8, 4) is 0 Å². The number of amides is 2. The molecule has 0 unspecified atom stereocenters. The molecule has 2 atom stereocenters. The zero-order chi connectivity index (χ0) is 31.1. The Labute approximate surface area is 258 Å². The fourth-order valence-electron chi connectivity index (χ4n) is 6.01. The van der Waals surface area contributed by atoms with E-state index in [1.54, 1.807) is 0 Å². The number of unbranched alkanes of at least 4 members (excludes halogenated alkanes) is 1. The lowest BCUT2D eigenvalue weighted by atomic mass is 10.0. The maximum atomic E-state index is 13.2. The van der Waals surface area contributed by atoms with Gasteiger partial charge in [0, 0.05) is 6.61 Å². The zero-order valence-corrected chi connectivity index (χ0v) is 27.5. The van der Waals surface area contributed by atoms with Gasteiger partial charge < -0.3 is 13.9 Å². The summed E-state index contributed by atoms with van der Waals surface area (Å²) >= 11 is 0. The SMILES string of the molecule is CC(C)(C)OC(=O)N1C(=O)C[C@H](OCc2ccccc2)[C@H]1CCCCO[Si](c1ccccc1)(c1ccccc1)C(C)(C)C. The molecule has 0 aliphatic carbocycles. The lowest BCUT2D eigenvalue weighted by molar-refractivity contribution is -0.128. The molecular formula is C36H47NO5Si. The predicted octanol–water partition coefficient (Wildman–Crippen LogP) is 6.85. The van der Waals surface area contributed by atoms with Crippen molar-refractivity contribution in [2.75, 3.05) is 6.61 Å². The van der Waals surface area contributed by atoms with E-state index in [1.165, 1.54) is 15.3 Å². The van der Waals surface area contributed by atoms with E-state index >= 15 is 0 Å². The van der Waals surface area contributed by atoms with E-state index in [0.717, 1.165) is 18.4 Å². The predicted molar refractivity (Wildman–Crippen MR) is 174 cm³/mol. The Morgan fingerprint density at radius 2 is 1.35 bits per heavy atom. The third-order valence-corrected chi connectivity index (χ3v) is 13.0. The number of hydrogen-bond acceptors (Lipinski definition) is 5. The maximum Gasteiger partial charge on any atom is 0.417 e. The molecule has 0 saturated carbocycles. The highest BCUT2D eigenvalue weighted by atomic mass is 28.4. The van der Waals surface area contributed by atoms with E-state index < -0.39 is 26.1 Å². The maximum absolute atomic E-state index is 13.2. The second-order valence-electron chi connectivity index (χ2n) is 13.4. The topological polar surface area (TPSA) is 65.1 Å². The first-order valence-corrected chi connectivity index (χ1v) is 17.3. The van der Waals surface area contributed by atoms with Crippen molar-refractivity contribution >= 4 is 30.7 Å². The average molecular weight is 602 g/mol. The van der Waals surface area contributed by atoms with Crippen LogP contribution in [0.2, 0.25) is 5.04 Å². The first kappa shape index (κ1) is 32.6. The number of ether oxygens (including phenoxy) is 2. The van der Waals surface area contributed by atoms with Gasteiger partial charge in [-0.25, -0.2) is 9.69 Å². The molecule has 1 heterocycles. The third-order valence-electron chi connectivity index (χ3n) is 7.93. The van der Waals surface area contributed by atoms with E-state index in [9.17, 15) is 9.59 Å². The Balaban J connectivity index is 1.48. The van der Waals surface area contributed by atoms with Crippen LogP contribution in [0.5, 0.6) is 0 Å². The molecule has 7 heteroatoms. The van der Waals surface area contributed by atoms with Crippen molar-refractivity contribution in [2.24, 2.45) is 0 Å². The molecular weight excluding hydrogens is 554 g/mol. The van der Waals surface area contributed by atoms with Gasteiger partial charge in [-0.2, -0.15) is 0 Å². The fraction of sp³-hybridized carbons (Fsp3) is 0.444. The smallest absolute Gasteiger partial charge is 0.417 e. The van der Waals surface area contributed by atoms with E-state index in [-0.39, 0.29) is 23.4 Å². The van der Waals surface area contributed by atoms with Crippen molar-refractivity contribution in [3.63, 3.8) is 0 Å².